The first-order chi connectivity index (χ1) is 12.7. The van der Waals surface area contributed by atoms with Crippen molar-refractivity contribution >= 4 is 28.7 Å². The van der Waals surface area contributed by atoms with Crippen LogP contribution in [0.1, 0.15) is 35.0 Å². The van der Waals surface area contributed by atoms with Crippen molar-refractivity contribution in [3.63, 3.8) is 0 Å². The summed E-state index contributed by atoms with van der Waals surface area (Å²) in [5.74, 6) is 3.54. The van der Waals surface area contributed by atoms with Crippen molar-refractivity contribution in [1.82, 2.24) is 14.9 Å². The van der Waals surface area contributed by atoms with Crippen molar-refractivity contribution in [2.45, 2.75) is 25.0 Å². The predicted molar refractivity (Wildman–Crippen MR) is 104 cm³/mol. The minimum absolute atomic E-state index is 0.00617. The normalized spacial score (nSPS) is 17.7. The Hall–Kier alpha value is -2.21. The molecule has 3 aromatic rings. The first-order valence-corrected chi connectivity index (χ1v) is 10.4. The average molecular weight is 369 g/mol. The molecule has 0 bridgehead atoms. The SMILES string of the molecule is CSCc1ccc(C(=O)N2CCC[C@@H](Cc3nc4ccccc4[nH]3)C2)o1. The summed E-state index contributed by atoms with van der Waals surface area (Å²) < 4.78 is 5.70. The van der Waals surface area contributed by atoms with Crippen LogP contribution in [0.4, 0.5) is 0 Å². The topological polar surface area (TPSA) is 62.1 Å². The molecule has 1 aromatic carbocycles. The number of aromatic nitrogens is 2. The van der Waals surface area contributed by atoms with Crippen LogP contribution in [0.5, 0.6) is 0 Å². The molecule has 6 heteroatoms. The van der Waals surface area contributed by atoms with Gasteiger partial charge in [0, 0.05) is 19.5 Å². The standard InChI is InChI=1S/C20H23N3O2S/c1-26-13-15-8-9-18(25-15)20(24)23-10-4-5-14(12-23)11-19-21-16-6-2-3-7-17(16)22-19/h2-3,6-9,14H,4-5,10-13H2,1H3,(H,21,22)/t14-/m0/s1. The van der Waals surface area contributed by atoms with E-state index in [9.17, 15) is 4.79 Å². The van der Waals surface area contributed by atoms with Gasteiger partial charge in [-0.15, -0.1) is 0 Å². The number of rotatable bonds is 5. The molecular formula is C20H23N3O2S. The number of H-pyrrole nitrogens is 1. The predicted octanol–water partition coefficient (Wildman–Crippen LogP) is 4.11. The third-order valence-electron chi connectivity index (χ3n) is 4.89. The van der Waals surface area contributed by atoms with E-state index in [1.807, 2.05) is 41.5 Å². The number of likely N-dealkylation sites (tertiary alicyclic amines) is 1. The third kappa shape index (κ3) is 3.65. The van der Waals surface area contributed by atoms with E-state index in [2.05, 4.69) is 9.97 Å². The molecule has 1 atom stereocenters. The molecule has 0 aliphatic carbocycles. The van der Waals surface area contributed by atoms with Crippen LogP contribution in [0.15, 0.2) is 40.8 Å². The lowest BCUT2D eigenvalue weighted by atomic mass is 9.94. The second kappa shape index (κ2) is 7.58. The number of aromatic amines is 1. The van der Waals surface area contributed by atoms with Gasteiger partial charge in [0.25, 0.3) is 5.91 Å². The quantitative estimate of drug-likeness (QED) is 0.735. The maximum Gasteiger partial charge on any atom is 0.289 e. The molecule has 1 saturated heterocycles. The summed E-state index contributed by atoms with van der Waals surface area (Å²) in [6, 6.07) is 11.8. The maximum absolute atomic E-state index is 12.8. The van der Waals surface area contributed by atoms with Gasteiger partial charge in [0.05, 0.1) is 16.8 Å². The van der Waals surface area contributed by atoms with E-state index < -0.39 is 0 Å². The highest BCUT2D eigenvalue weighted by Crippen LogP contribution is 2.23. The van der Waals surface area contributed by atoms with Crippen LogP contribution in [0.25, 0.3) is 11.0 Å². The molecule has 1 aliphatic rings. The minimum Gasteiger partial charge on any atom is -0.455 e. The fourth-order valence-corrected chi connectivity index (χ4v) is 4.10. The van der Waals surface area contributed by atoms with Gasteiger partial charge in [-0.05, 0) is 49.3 Å². The largest absolute Gasteiger partial charge is 0.455 e. The van der Waals surface area contributed by atoms with E-state index in [1.165, 1.54) is 0 Å². The van der Waals surface area contributed by atoms with Crippen LogP contribution in [-0.4, -0.2) is 40.1 Å². The Morgan fingerprint density at radius 1 is 1.35 bits per heavy atom. The molecule has 1 amide bonds. The molecule has 1 fully saturated rings. The lowest BCUT2D eigenvalue weighted by Crippen LogP contribution is -2.40. The van der Waals surface area contributed by atoms with E-state index in [4.69, 9.17) is 4.42 Å². The highest BCUT2D eigenvalue weighted by Gasteiger charge is 2.27. The van der Waals surface area contributed by atoms with E-state index in [-0.39, 0.29) is 5.91 Å². The second-order valence-electron chi connectivity index (χ2n) is 6.86. The summed E-state index contributed by atoms with van der Waals surface area (Å²) >= 11 is 1.69. The van der Waals surface area contributed by atoms with E-state index in [1.54, 1.807) is 17.8 Å². The molecule has 5 nitrogen and oxygen atoms in total. The van der Waals surface area contributed by atoms with Gasteiger partial charge in [-0.3, -0.25) is 4.79 Å². The minimum atomic E-state index is 0.00617. The Balaban J connectivity index is 1.42. The average Bonchev–Trinajstić information content (AvgIpc) is 3.28. The fourth-order valence-electron chi connectivity index (χ4n) is 3.66. The zero-order chi connectivity index (χ0) is 17.9. The third-order valence-corrected chi connectivity index (χ3v) is 5.46. The van der Waals surface area contributed by atoms with Gasteiger partial charge in [-0.2, -0.15) is 11.8 Å². The Morgan fingerprint density at radius 2 is 2.23 bits per heavy atom. The van der Waals surface area contributed by atoms with E-state index in [0.29, 0.717) is 11.7 Å². The van der Waals surface area contributed by atoms with Crippen LogP contribution < -0.4 is 0 Å². The summed E-state index contributed by atoms with van der Waals surface area (Å²) in [6.45, 7) is 1.56. The first kappa shape index (κ1) is 17.2. The summed E-state index contributed by atoms with van der Waals surface area (Å²) in [5.41, 5.74) is 2.08. The summed E-state index contributed by atoms with van der Waals surface area (Å²) in [7, 11) is 0. The molecule has 0 saturated carbocycles. The smallest absolute Gasteiger partial charge is 0.289 e. The monoisotopic (exact) mass is 369 g/mol. The number of nitrogens with zero attached hydrogens (tertiary/aromatic N) is 2. The number of amides is 1. The molecule has 4 rings (SSSR count). The number of carbonyl (C=O) groups is 1. The Kier molecular flexibility index (Phi) is 5.02. The molecule has 0 spiro atoms. The number of thioether (sulfide) groups is 1. The number of imidazole rings is 1. The summed E-state index contributed by atoms with van der Waals surface area (Å²) in [4.78, 5) is 22.8. The van der Waals surface area contributed by atoms with Gasteiger partial charge >= 0.3 is 0 Å². The number of hydrogen-bond donors (Lipinski definition) is 1. The van der Waals surface area contributed by atoms with Gasteiger partial charge in [0.1, 0.15) is 11.6 Å². The Morgan fingerprint density at radius 3 is 3.08 bits per heavy atom. The molecule has 2 aromatic heterocycles. The summed E-state index contributed by atoms with van der Waals surface area (Å²) in [5, 5.41) is 0. The van der Waals surface area contributed by atoms with Gasteiger partial charge in [0.15, 0.2) is 5.76 Å². The number of piperidine rings is 1. The number of hydrogen-bond acceptors (Lipinski definition) is 4. The van der Waals surface area contributed by atoms with Gasteiger partial charge < -0.3 is 14.3 Å². The molecule has 26 heavy (non-hydrogen) atoms. The molecule has 3 heterocycles. The highest BCUT2D eigenvalue weighted by atomic mass is 32.2. The Labute approximate surface area is 157 Å². The number of benzene rings is 1. The lowest BCUT2D eigenvalue weighted by molar-refractivity contribution is 0.0639. The maximum atomic E-state index is 12.8. The molecule has 0 unspecified atom stereocenters. The molecule has 1 N–H and O–H groups in total. The number of furan rings is 1. The molecule has 136 valence electrons. The van der Waals surface area contributed by atoms with Crippen molar-refractivity contribution in [3.8, 4) is 0 Å². The first-order valence-electron chi connectivity index (χ1n) is 9.03. The van der Waals surface area contributed by atoms with Gasteiger partial charge in [-0.25, -0.2) is 4.98 Å². The summed E-state index contributed by atoms with van der Waals surface area (Å²) in [6.07, 6.45) is 5.04. The van der Waals surface area contributed by atoms with E-state index >= 15 is 0 Å². The van der Waals surface area contributed by atoms with Crippen LogP contribution in [-0.2, 0) is 12.2 Å². The van der Waals surface area contributed by atoms with Crippen molar-refractivity contribution in [3.05, 3.63) is 53.7 Å². The number of para-hydroxylation sites is 2. The zero-order valence-electron chi connectivity index (χ0n) is 14.9. The van der Waals surface area contributed by atoms with Crippen LogP contribution >= 0.6 is 11.8 Å². The van der Waals surface area contributed by atoms with Crippen LogP contribution in [0.3, 0.4) is 0 Å². The lowest BCUT2D eigenvalue weighted by Gasteiger charge is -2.31. The van der Waals surface area contributed by atoms with E-state index in [0.717, 1.165) is 60.7 Å². The Bertz CT molecular complexity index is 868. The highest BCUT2D eigenvalue weighted by molar-refractivity contribution is 7.97. The van der Waals surface area contributed by atoms with Crippen LogP contribution in [0, 0.1) is 5.92 Å². The van der Waals surface area contributed by atoms with Gasteiger partial charge in [-0.1, -0.05) is 12.1 Å². The second-order valence-corrected chi connectivity index (χ2v) is 7.73. The molecular weight excluding hydrogens is 346 g/mol. The number of fused-ring (bicyclic) bond motifs is 1. The molecule has 1 aliphatic heterocycles. The zero-order valence-corrected chi connectivity index (χ0v) is 15.7. The van der Waals surface area contributed by atoms with Crippen molar-refractivity contribution in [2.75, 3.05) is 19.3 Å². The van der Waals surface area contributed by atoms with Crippen molar-refractivity contribution in [2.24, 2.45) is 5.92 Å². The van der Waals surface area contributed by atoms with Crippen LogP contribution in [0.2, 0.25) is 0 Å². The van der Waals surface area contributed by atoms with Crippen molar-refractivity contribution in [1.29, 1.82) is 0 Å². The van der Waals surface area contributed by atoms with Gasteiger partial charge in [0.2, 0.25) is 0 Å². The molecule has 0 radical (unpaired) electrons. The number of nitrogens with one attached hydrogen (secondary N) is 1. The number of carbonyl (C=O) groups excluding carboxylic acids is 1. The van der Waals surface area contributed by atoms with Crippen molar-refractivity contribution < 1.29 is 9.21 Å². The fraction of sp³-hybridized carbons (Fsp3) is 0.400.